The average Bonchev–Trinajstić information content (AvgIpc) is 2.85. The first-order chi connectivity index (χ1) is 10.3. The van der Waals surface area contributed by atoms with Crippen LogP contribution in [0.3, 0.4) is 0 Å². The number of benzene rings is 1. The summed E-state index contributed by atoms with van der Waals surface area (Å²) in [6.45, 7) is 3.34. The Hall–Kier alpha value is -1.41. The summed E-state index contributed by atoms with van der Waals surface area (Å²) >= 11 is 0. The summed E-state index contributed by atoms with van der Waals surface area (Å²) in [5, 5.41) is 0. The van der Waals surface area contributed by atoms with Crippen molar-refractivity contribution in [2.24, 2.45) is 11.8 Å². The second-order valence-electron chi connectivity index (χ2n) is 6.59. The maximum atomic E-state index is 12.0. The van der Waals surface area contributed by atoms with Crippen molar-refractivity contribution >= 4 is 11.9 Å². The molecule has 2 nitrogen and oxygen atoms in total. The SMILES string of the molecule is O=C(/C=C/c1ccccc1)CCN1CCC2CCC(C2)C1. The molecular formula is C19H25NO. The van der Waals surface area contributed by atoms with Crippen LogP contribution >= 0.6 is 0 Å². The number of allylic oxidation sites excluding steroid dienone is 1. The normalized spacial score (nSPS) is 26.1. The Morgan fingerprint density at radius 3 is 2.81 bits per heavy atom. The van der Waals surface area contributed by atoms with Crippen molar-refractivity contribution in [3.8, 4) is 0 Å². The Morgan fingerprint density at radius 2 is 1.95 bits per heavy atom. The molecule has 0 amide bonds. The third kappa shape index (κ3) is 4.28. The van der Waals surface area contributed by atoms with Gasteiger partial charge in [0.25, 0.3) is 0 Å². The van der Waals surface area contributed by atoms with Crippen LogP contribution in [0.25, 0.3) is 6.08 Å². The van der Waals surface area contributed by atoms with E-state index in [9.17, 15) is 4.79 Å². The van der Waals surface area contributed by atoms with Gasteiger partial charge in [0.2, 0.25) is 0 Å². The van der Waals surface area contributed by atoms with E-state index in [2.05, 4.69) is 4.90 Å². The molecule has 112 valence electrons. The Kier molecular flexibility index (Phi) is 4.87. The highest BCUT2D eigenvalue weighted by molar-refractivity contribution is 5.93. The van der Waals surface area contributed by atoms with Gasteiger partial charge in [-0.05, 0) is 49.3 Å². The van der Waals surface area contributed by atoms with Crippen molar-refractivity contribution in [2.45, 2.75) is 32.1 Å². The minimum Gasteiger partial charge on any atom is -0.303 e. The molecular weight excluding hydrogens is 258 g/mol. The van der Waals surface area contributed by atoms with E-state index < -0.39 is 0 Å². The summed E-state index contributed by atoms with van der Waals surface area (Å²) in [4.78, 5) is 14.5. The molecule has 2 aliphatic rings. The lowest BCUT2D eigenvalue weighted by atomic mass is 10.0. The van der Waals surface area contributed by atoms with Crippen LogP contribution in [0.5, 0.6) is 0 Å². The zero-order valence-corrected chi connectivity index (χ0v) is 12.7. The van der Waals surface area contributed by atoms with Gasteiger partial charge in [-0.15, -0.1) is 0 Å². The predicted octanol–water partition coefficient (Wildman–Crippen LogP) is 3.78. The average molecular weight is 283 g/mol. The Morgan fingerprint density at radius 1 is 1.14 bits per heavy atom. The molecule has 0 spiro atoms. The van der Waals surface area contributed by atoms with Gasteiger partial charge in [0.05, 0.1) is 0 Å². The highest BCUT2D eigenvalue weighted by atomic mass is 16.1. The van der Waals surface area contributed by atoms with Gasteiger partial charge >= 0.3 is 0 Å². The van der Waals surface area contributed by atoms with Crippen LogP contribution in [0, 0.1) is 11.8 Å². The molecule has 1 heterocycles. The molecule has 3 rings (SSSR count). The molecule has 2 atom stereocenters. The number of ketones is 1. The standard InChI is InChI=1S/C19H25NO/c21-19(9-8-16-4-2-1-3-5-16)11-13-20-12-10-17-6-7-18(14-17)15-20/h1-5,8-9,17-18H,6-7,10-15H2/b9-8+. The van der Waals surface area contributed by atoms with E-state index in [4.69, 9.17) is 0 Å². The molecule has 0 N–H and O–H groups in total. The van der Waals surface area contributed by atoms with Crippen LogP contribution in [0.15, 0.2) is 36.4 Å². The maximum absolute atomic E-state index is 12.0. The molecule has 2 bridgehead atoms. The Bertz CT molecular complexity index is 494. The Labute approximate surface area is 127 Å². The molecule has 2 unspecified atom stereocenters. The molecule has 2 heteroatoms. The summed E-state index contributed by atoms with van der Waals surface area (Å²) in [7, 11) is 0. The smallest absolute Gasteiger partial charge is 0.156 e. The van der Waals surface area contributed by atoms with E-state index in [1.807, 2.05) is 36.4 Å². The van der Waals surface area contributed by atoms with Gasteiger partial charge in [-0.2, -0.15) is 0 Å². The first kappa shape index (κ1) is 14.5. The minimum atomic E-state index is 0.244. The second kappa shape index (κ2) is 7.04. The first-order valence-corrected chi connectivity index (χ1v) is 8.28. The maximum Gasteiger partial charge on any atom is 0.156 e. The van der Waals surface area contributed by atoms with Crippen molar-refractivity contribution < 1.29 is 4.79 Å². The number of hydrogen-bond donors (Lipinski definition) is 0. The van der Waals surface area contributed by atoms with Gasteiger partial charge in [-0.1, -0.05) is 42.8 Å². The second-order valence-corrected chi connectivity index (χ2v) is 6.59. The van der Waals surface area contributed by atoms with E-state index >= 15 is 0 Å². The fourth-order valence-corrected chi connectivity index (χ4v) is 3.74. The molecule has 1 saturated carbocycles. The third-order valence-electron chi connectivity index (χ3n) is 4.96. The van der Waals surface area contributed by atoms with E-state index in [0.29, 0.717) is 6.42 Å². The fraction of sp³-hybridized carbons (Fsp3) is 0.526. The quantitative estimate of drug-likeness (QED) is 0.766. The molecule has 1 aliphatic heterocycles. The Balaban J connectivity index is 1.44. The molecule has 1 saturated heterocycles. The van der Waals surface area contributed by atoms with Crippen LogP contribution in [-0.2, 0) is 4.79 Å². The first-order valence-electron chi connectivity index (χ1n) is 8.28. The van der Waals surface area contributed by atoms with E-state index in [-0.39, 0.29) is 5.78 Å². The van der Waals surface area contributed by atoms with Gasteiger partial charge in [0.1, 0.15) is 0 Å². The molecule has 1 aromatic carbocycles. The van der Waals surface area contributed by atoms with Crippen LogP contribution < -0.4 is 0 Å². The topological polar surface area (TPSA) is 20.3 Å². The molecule has 21 heavy (non-hydrogen) atoms. The number of hydrogen-bond acceptors (Lipinski definition) is 2. The lowest BCUT2D eigenvalue weighted by molar-refractivity contribution is -0.114. The molecule has 0 radical (unpaired) electrons. The summed E-state index contributed by atoms with van der Waals surface area (Å²) in [6.07, 6.45) is 9.93. The van der Waals surface area contributed by atoms with Crippen molar-refractivity contribution in [3.63, 3.8) is 0 Å². The zero-order valence-electron chi connectivity index (χ0n) is 12.7. The largest absolute Gasteiger partial charge is 0.303 e. The van der Waals surface area contributed by atoms with Crippen LogP contribution in [0.2, 0.25) is 0 Å². The van der Waals surface area contributed by atoms with Crippen molar-refractivity contribution in [1.29, 1.82) is 0 Å². The van der Waals surface area contributed by atoms with Gasteiger partial charge < -0.3 is 4.90 Å². The van der Waals surface area contributed by atoms with Gasteiger partial charge in [-0.25, -0.2) is 0 Å². The van der Waals surface area contributed by atoms with Crippen molar-refractivity contribution in [1.82, 2.24) is 4.90 Å². The number of rotatable bonds is 5. The minimum absolute atomic E-state index is 0.244. The molecule has 2 fully saturated rings. The lowest BCUT2D eigenvalue weighted by Gasteiger charge is -2.23. The zero-order chi connectivity index (χ0) is 14.5. The van der Waals surface area contributed by atoms with Crippen LogP contribution in [-0.4, -0.2) is 30.3 Å². The van der Waals surface area contributed by atoms with Crippen LogP contribution in [0.1, 0.15) is 37.7 Å². The third-order valence-corrected chi connectivity index (χ3v) is 4.96. The van der Waals surface area contributed by atoms with Gasteiger partial charge in [0, 0.05) is 19.5 Å². The predicted molar refractivity (Wildman–Crippen MR) is 87.0 cm³/mol. The van der Waals surface area contributed by atoms with Crippen molar-refractivity contribution in [2.75, 3.05) is 19.6 Å². The molecule has 0 aromatic heterocycles. The monoisotopic (exact) mass is 283 g/mol. The summed E-state index contributed by atoms with van der Waals surface area (Å²) in [5.41, 5.74) is 1.10. The highest BCUT2D eigenvalue weighted by Crippen LogP contribution is 2.36. The number of carbonyl (C=O) groups excluding carboxylic acids is 1. The summed E-state index contributed by atoms with van der Waals surface area (Å²) in [6, 6.07) is 10.0. The van der Waals surface area contributed by atoms with Crippen molar-refractivity contribution in [3.05, 3.63) is 42.0 Å². The number of likely N-dealkylation sites (tertiary alicyclic amines) is 1. The number of fused-ring (bicyclic) bond motifs is 2. The molecule has 1 aromatic rings. The van der Waals surface area contributed by atoms with E-state index in [1.54, 1.807) is 6.08 Å². The summed E-state index contributed by atoms with van der Waals surface area (Å²) < 4.78 is 0. The van der Waals surface area contributed by atoms with Gasteiger partial charge in [0.15, 0.2) is 5.78 Å². The number of nitrogens with zero attached hydrogens (tertiary/aromatic N) is 1. The summed E-state index contributed by atoms with van der Waals surface area (Å²) in [5.74, 6) is 2.11. The van der Waals surface area contributed by atoms with E-state index in [0.717, 1.165) is 23.9 Å². The highest BCUT2D eigenvalue weighted by Gasteiger charge is 2.29. The fourth-order valence-electron chi connectivity index (χ4n) is 3.74. The molecule has 1 aliphatic carbocycles. The van der Waals surface area contributed by atoms with Crippen LogP contribution in [0.4, 0.5) is 0 Å². The van der Waals surface area contributed by atoms with E-state index in [1.165, 1.54) is 38.8 Å². The van der Waals surface area contributed by atoms with Gasteiger partial charge in [-0.3, -0.25) is 4.79 Å². The lowest BCUT2D eigenvalue weighted by Crippen LogP contribution is -2.31. The number of carbonyl (C=O) groups is 1.